The molecule has 18 heavy (non-hydrogen) atoms. The summed E-state index contributed by atoms with van der Waals surface area (Å²) in [7, 11) is 1.63. The van der Waals surface area contributed by atoms with Crippen molar-refractivity contribution in [1.82, 2.24) is 5.32 Å². The zero-order valence-electron chi connectivity index (χ0n) is 11.4. The second kappa shape index (κ2) is 8.61. The van der Waals surface area contributed by atoms with E-state index in [0.717, 1.165) is 6.54 Å². The van der Waals surface area contributed by atoms with Gasteiger partial charge in [-0.1, -0.05) is 0 Å². The van der Waals surface area contributed by atoms with Crippen LogP contribution in [-0.2, 0) is 16.0 Å². The average Bonchev–Trinajstić information content (AvgIpc) is 2.64. The molecule has 1 aromatic rings. The van der Waals surface area contributed by atoms with Crippen LogP contribution in [0.3, 0.4) is 0 Å². The fraction of sp³-hybridized carbons (Fsp3) is 0.692. The number of nitrogens with one attached hydrogen (secondary N) is 1. The SMILES string of the molecule is COCCOCC(O)CNCc1cc(C)c(C)s1. The van der Waals surface area contributed by atoms with Crippen molar-refractivity contribution in [3.05, 3.63) is 21.4 Å². The van der Waals surface area contributed by atoms with Crippen molar-refractivity contribution in [3.63, 3.8) is 0 Å². The van der Waals surface area contributed by atoms with E-state index in [1.54, 1.807) is 18.4 Å². The lowest BCUT2D eigenvalue weighted by molar-refractivity contribution is 0.0137. The Morgan fingerprint density at radius 1 is 1.39 bits per heavy atom. The maximum Gasteiger partial charge on any atom is 0.0897 e. The number of aliphatic hydroxyl groups is 1. The molecule has 0 aliphatic rings. The molecule has 0 aromatic carbocycles. The molecule has 0 saturated heterocycles. The number of thiophene rings is 1. The normalized spacial score (nSPS) is 12.9. The van der Waals surface area contributed by atoms with Gasteiger partial charge in [0.25, 0.3) is 0 Å². The maximum absolute atomic E-state index is 9.66. The molecule has 104 valence electrons. The van der Waals surface area contributed by atoms with Crippen molar-refractivity contribution in [3.8, 4) is 0 Å². The average molecular weight is 273 g/mol. The standard InChI is InChI=1S/C13H23NO3S/c1-10-6-13(18-11(10)2)8-14-7-12(15)9-17-5-4-16-3/h6,12,14-15H,4-5,7-9H2,1-3H3. The van der Waals surface area contributed by atoms with E-state index in [0.29, 0.717) is 26.4 Å². The topological polar surface area (TPSA) is 50.7 Å². The third kappa shape index (κ3) is 5.93. The predicted molar refractivity (Wildman–Crippen MR) is 74.2 cm³/mol. The van der Waals surface area contributed by atoms with Crippen molar-refractivity contribution >= 4 is 11.3 Å². The van der Waals surface area contributed by atoms with Crippen LogP contribution < -0.4 is 5.32 Å². The number of hydrogen-bond donors (Lipinski definition) is 2. The third-order valence-electron chi connectivity index (χ3n) is 2.64. The lowest BCUT2D eigenvalue weighted by atomic mass is 10.3. The zero-order valence-corrected chi connectivity index (χ0v) is 12.2. The summed E-state index contributed by atoms with van der Waals surface area (Å²) >= 11 is 1.80. The van der Waals surface area contributed by atoms with Gasteiger partial charge in [0.2, 0.25) is 0 Å². The van der Waals surface area contributed by atoms with Crippen LogP contribution in [-0.4, -0.2) is 44.7 Å². The van der Waals surface area contributed by atoms with Gasteiger partial charge in [0.1, 0.15) is 0 Å². The molecule has 0 bridgehead atoms. The Hall–Kier alpha value is -0.460. The minimum atomic E-state index is -0.469. The zero-order chi connectivity index (χ0) is 13.4. The number of hydrogen-bond acceptors (Lipinski definition) is 5. The van der Waals surface area contributed by atoms with Crippen LogP contribution in [0, 0.1) is 13.8 Å². The molecular formula is C13H23NO3S. The van der Waals surface area contributed by atoms with Gasteiger partial charge in [-0.05, 0) is 25.5 Å². The Bertz CT molecular complexity index is 321. The lowest BCUT2D eigenvalue weighted by Gasteiger charge is -2.11. The summed E-state index contributed by atoms with van der Waals surface area (Å²) in [5.41, 5.74) is 1.33. The fourth-order valence-corrected chi connectivity index (χ4v) is 2.54. The van der Waals surface area contributed by atoms with Gasteiger partial charge in [0.05, 0.1) is 25.9 Å². The van der Waals surface area contributed by atoms with Crippen LogP contribution in [0.1, 0.15) is 15.3 Å². The van der Waals surface area contributed by atoms with E-state index in [1.165, 1.54) is 15.3 Å². The fourth-order valence-electron chi connectivity index (χ4n) is 1.52. The summed E-state index contributed by atoms with van der Waals surface area (Å²) in [6.45, 7) is 7.02. The molecule has 1 aromatic heterocycles. The van der Waals surface area contributed by atoms with Crippen molar-refractivity contribution < 1.29 is 14.6 Å². The number of methoxy groups -OCH3 is 1. The van der Waals surface area contributed by atoms with E-state index in [4.69, 9.17) is 9.47 Å². The van der Waals surface area contributed by atoms with Crippen LogP contribution >= 0.6 is 11.3 Å². The second-order valence-electron chi connectivity index (χ2n) is 4.30. The highest BCUT2D eigenvalue weighted by molar-refractivity contribution is 7.12. The van der Waals surface area contributed by atoms with Gasteiger partial charge in [-0.25, -0.2) is 0 Å². The van der Waals surface area contributed by atoms with Crippen LogP contribution in [0.4, 0.5) is 0 Å². The summed E-state index contributed by atoms with van der Waals surface area (Å²) < 4.78 is 10.1. The first kappa shape index (κ1) is 15.6. The van der Waals surface area contributed by atoms with Crippen molar-refractivity contribution in [1.29, 1.82) is 0 Å². The van der Waals surface area contributed by atoms with Gasteiger partial charge >= 0.3 is 0 Å². The first-order valence-electron chi connectivity index (χ1n) is 6.15. The minimum absolute atomic E-state index is 0.346. The van der Waals surface area contributed by atoms with E-state index in [-0.39, 0.29) is 0 Å². The minimum Gasteiger partial charge on any atom is -0.389 e. The van der Waals surface area contributed by atoms with Crippen molar-refractivity contribution in [2.24, 2.45) is 0 Å². The first-order valence-corrected chi connectivity index (χ1v) is 6.96. The second-order valence-corrected chi connectivity index (χ2v) is 5.65. The summed E-state index contributed by atoms with van der Waals surface area (Å²) in [6.07, 6.45) is -0.469. The van der Waals surface area contributed by atoms with E-state index in [2.05, 4.69) is 25.2 Å². The molecule has 0 spiro atoms. The molecule has 1 atom stereocenters. The highest BCUT2D eigenvalue weighted by atomic mass is 32.1. The molecule has 0 aliphatic carbocycles. The molecule has 1 unspecified atom stereocenters. The van der Waals surface area contributed by atoms with Gasteiger partial charge in [0, 0.05) is 30.0 Å². The molecule has 5 heteroatoms. The van der Waals surface area contributed by atoms with Crippen LogP contribution in [0.25, 0.3) is 0 Å². The quantitative estimate of drug-likeness (QED) is 0.669. The maximum atomic E-state index is 9.66. The third-order valence-corrected chi connectivity index (χ3v) is 3.79. The van der Waals surface area contributed by atoms with Crippen molar-refractivity contribution in [2.45, 2.75) is 26.5 Å². The molecule has 0 amide bonds. The summed E-state index contributed by atoms with van der Waals surface area (Å²) in [5.74, 6) is 0. The Balaban J connectivity index is 2.09. The monoisotopic (exact) mass is 273 g/mol. The Labute approximate surface area is 113 Å². The molecule has 0 fully saturated rings. The lowest BCUT2D eigenvalue weighted by Crippen LogP contribution is -2.30. The molecule has 0 aliphatic heterocycles. The molecule has 1 heterocycles. The first-order chi connectivity index (χ1) is 8.63. The van der Waals surface area contributed by atoms with Crippen LogP contribution in [0.15, 0.2) is 6.07 Å². The van der Waals surface area contributed by atoms with Gasteiger partial charge in [-0.2, -0.15) is 0 Å². The van der Waals surface area contributed by atoms with Crippen LogP contribution in [0.2, 0.25) is 0 Å². The number of ether oxygens (including phenoxy) is 2. The number of aliphatic hydroxyl groups excluding tert-OH is 1. The van der Waals surface area contributed by atoms with Gasteiger partial charge in [0.15, 0.2) is 0 Å². The highest BCUT2D eigenvalue weighted by Gasteiger charge is 2.05. The summed E-state index contributed by atoms with van der Waals surface area (Å²) in [4.78, 5) is 2.66. The largest absolute Gasteiger partial charge is 0.389 e. The summed E-state index contributed by atoms with van der Waals surface area (Å²) in [6, 6.07) is 2.19. The van der Waals surface area contributed by atoms with E-state index in [1.807, 2.05) is 0 Å². The summed E-state index contributed by atoms with van der Waals surface area (Å²) in [5, 5.41) is 12.9. The molecular weight excluding hydrogens is 250 g/mol. The Kier molecular flexibility index (Phi) is 7.46. The van der Waals surface area contributed by atoms with Gasteiger partial charge in [-0.3, -0.25) is 0 Å². The van der Waals surface area contributed by atoms with Gasteiger partial charge in [-0.15, -0.1) is 11.3 Å². The molecule has 0 radical (unpaired) electrons. The smallest absolute Gasteiger partial charge is 0.0897 e. The number of rotatable bonds is 9. The molecule has 0 saturated carbocycles. The molecule has 4 nitrogen and oxygen atoms in total. The predicted octanol–water partition coefficient (Wildman–Crippen LogP) is 1.48. The van der Waals surface area contributed by atoms with Crippen LogP contribution in [0.5, 0.6) is 0 Å². The van der Waals surface area contributed by atoms with E-state index in [9.17, 15) is 5.11 Å². The van der Waals surface area contributed by atoms with E-state index >= 15 is 0 Å². The Morgan fingerprint density at radius 2 is 2.17 bits per heavy atom. The Morgan fingerprint density at radius 3 is 2.78 bits per heavy atom. The highest BCUT2D eigenvalue weighted by Crippen LogP contribution is 2.20. The number of aryl methyl sites for hydroxylation is 2. The molecule has 1 rings (SSSR count). The van der Waals surface area contributed by atoms with Crippen molar-refractivity contribution in [2.75, 3.05) is 33.5 Å². The van der Waals surface area contributed by atoms with Gasteiger partial charge < -0.3 is 19.9 Å². The molecule has 2 N–H and O–H groups in total. The van der Waals surface area contributed by atoms with E-state index < -0.39 is 6.10 Å².